The number of amides is 1. The molecule has 2 fully saturated rings. The number of aromatic hydroxyl groups is 1. The lowest BCUT2D eigenvalue weighted by Gasteiger charge is -2.37. The minimum atomic E-state index is -0.854. The molecule has 0 spiro atoms. The number of piperazine rings is 1. The van der Waals surface area contributed by atoms with Gasteiger partial charge in [-0.1, -0.05) is 23.2 Å². The Kier molecular flexibility index (Phi) is 5.22. The van der Waals surface area contributed by atoms with Gasteiger partial charge in [0.25, 0.3) is 0 Å². The van der Waals surface area contributed by atoms with Crippen molar-refractivity contribution in [2.45, 2.75) is 24.5 Å². The van der Waals surface area contributed by atoms with E-state index in [0.29, 0.717) is 35.1 Å². The molecule has 2 aliphatic rings. The van der Waals surface area contributed by atoms with Crippen molar-refractivity contribution >= 4 is 29.1 Å². The average molecular weight is 375 g/mol. The molecule has 132 valence electrons. The molecule has 3 rings (SSSR count). The normalized spacial score (nSPS) is 25.8. The molecule has 8 heteroatoms. The van der Waals surface area contributed by atoms with E-state index in [1.165, 1.54) is 6.07 Å². The molecule has 3 atom stereocenters. The highest BCUT2D eigenvalue weighted by Crippen LogP contribution is 2.43. The van der Waals surface area contributed by atoms with Crippen molar-refractivity contribution in [3.05, 3.63) is 27.7 Å². The number of halogens is 2. The molecule has 0 bridgehead atoms. The summed E-state index contributed by atoms with van der Waals surface area (Å²) < 4.78 is 0. The zero-order valence-corrected chi connectivity index (χ0v) is 14.5. The summed E-state index contributed by atoms with van der Waals surface area (Å²) in [7, 11) is 0. The molecule has 0 saturated carbocycles. The molecule has 24 heavy (non-hydrogen) atoms. The number of nitrogens with zero attached hydrogens (tertiary/aromatic N) is 2. The molecule has 2 saturated heterocycles. The van der Waals surface area contributed by atoms with Crippen LogP contribution in [0.1, 0.15) is 17.9 Å². The van der Waals surface area contributed by atoms with Crippen molar-refractivity contribution < 1.29 is 20.1 Å². The van der Waals surface area contributed by atoms with Crippen LogP contribution in [0.25, 0.3) is 0 Å². The van der Waals surface area contributed by atoms with E-state index >= 15 is 0 Å². The largest absolute Gasteiger partial charge is 0.508 e. The Balaban J connectivity index is 1.77. The number of carbonyl (C=O) groups is 1. The molecular weight excluding hydrogens is 355 g/mol. The zero-order chi connectivity index (χ0) is 17.4. The van der Waals surface area contributed by atoms with Crippen LogP contribution >= 0.6 is 23.2 Å². The maximum atomic E-state index is 12.4. The van der Waals surface area contributed by atoms with Crippen LogP contribution in [0, 0.1) is 0 Å². The highest BCUT2D eigenvalue weighted by Gasteiger charge is 2.42. The monoisotopic (exact) mass is 374 g/mol. The second kappa shape index (κ2) is 7.06. The van der Waals surface area contributed by atoms with Crippen LogP contribution in [0.15, 0.2) is 12.1 Å². The smallest absolute Gasteiger partial charge is 0.237 e. The van der Waals surface area contributed by atoms with Gasteiger partial charge in [0.1, 0.15) is 5.75 Å². The van der Waals surface area contributed by atoms with E-state index in [0.717, 1.165) is 0 Å². The van der Waals surface area contributed by atoms with Gasteiger partial charge >= 0.3 is 0 Å². The lowest BCUT2D eigenvalue weighted by atomic mass is 9.95. The van der Waals surface area contributed by atoms with Crippen molar-refractivity contribution in [3.63, 3.8) is 0 Å². The topological polar surface area (TPSA) is 84.2 Å². The van der Waals surface area contributed by atoms with E-state index in [4.69, 9.17) is 28.3 Å². The number of phenols is 1. The second-order valence-corrected chi connectivity index (χ2v) is 7.24. The van der Waals surface area contributed by atoms with E-state index in [1.54, 1.807) is 6.07 Å². The molecule has 2 aliphatic heterocycles. The van der Waals surface area contributed by atoms with Gasteiger partial charge in [0, 0.05) is 37.2 Å². The van der Waals surface area contributed by atoms with E-state index in [9.17, 15) is 15.0 Å². The van der Waals surface area contributed by atoms with Crippen molar-refractivity contribution in [2.24, 2.45) is 0 Å². The van der Waals surface area contributed by atoms with Gasteiger partial charge in [-0.05, 0) is 18.6 Å². The number of hydrogen-bond acceptors (Lipinski definition) is 5. The van der Waals surface area contributed by atoms with Crippen molar-refractivity contribution in [1.82, 2.24) is 9.80 Å². The van der Waals surface area contributed by atoms with Crippen LogP contribution in [0.2, 0.25) is 10.0 Å². The summed E-state index contributed by atoms with van der Waals surface area (Å²) in [6.07, 6.45) is -0.182. The van der Waals surface area contributed by atoms with Crippen LogP contribution in [0.5, 0.6) is 5.75 Å². The molecule has 6 nitrogen and oxygen atoms in total. The predicted octanol–water partition coefficient (Wildman–Crippen LogP) is 1.05. The molecule has 0 unspecified atom stereocenters. The molecular formula is C16H20Cl2N2O4. The summed E-state index contributed by atoms with van der Waals surface area (Å²) >= 11 is 12.3. The number of hydrogen-bond donors (Lipinski definition) is 3. The lowest BCUT2D eigenvalue weighted by molar-refractivity contribution is -0.138. The fraction of sp³-hybridized carbons (Fsp3) is 0.562. The van der Waals surface area contributed by atoms with Crippen LogP contribution < -0.4 is 0 Å². The van der Waals surface area contributed by atoms with Crippen molar-refractivity contribution in [1.29, 1.82) is 0 Å². The van der Waals surface area contributed by atoms with Gasteiger partial charge in [-0.2, -0.15) is 0 Å². The van der Waals surface area contributed by atoms with Gasteiger partial charge in [0.2, 0.25) is 5.91 Å². The first-order valence-electron chi connectivity index (χ1n) is 7.88. The van der Waals surface area contributed by atoms with Crippen LogP contribution in [0.3, 0.4) is 0 Å². The summed E-state index contributed by atoms with van der Waals surface area (Å²) in [4.78, 5) is 16.1. The third-order valence-electron chi connectivity index (χ3n) is 4.76. The number of carbonyl (C=O) groups excluding carboxylic acids is 1. The van der Waals surface area contributed by atoms with E-state index in [-0.39, 0.29) is 43.3 Å². The number of β-amino-alcohol motifs (C(OH)–C–C–N with tert-alkyl or cyclic N) is 1. The Bertz CT molecular complexity index is 643. The van der Waals surface area contributed by atoms with Crippen LogP contribution in [0.4, 0.5) is 0 Å². The summed E-state index contributed by atoms with van der Waals surface area (Å²) in [5.41, 5.74) is 0.591. The van der Waals surface area contributed by atoms with E-state index in [1.807, 2.05) is 9.80 Å². The summed E-state index contributed by atoms with van der Waals surface area (Å²) in [5, 5.41) is 29.4. The van der Waals surface area contributed by atoms with Crippen LogP contribution in [-0.4, -0.2) is 76.0 Å². The Labute approximate surface area is 150 Å². The fourth-order valence-electron chi connectivity index (χ4n) is 3.69. The van der Waals surface area contributed by atoms with Gasteiger partial charge in [0.05, 0.1) is 29.3 Å². The zero-order valence-electron chi connectivity index (χ0n) is 13.0. The highest BCUT2D eigenvalue weighted by atomic mass is 35.5. The lowest BCUT2D eigenvalue weighted by Crippen LogP contribution is -2.55. The Hall–Kier alpha value is -1.05. The van der Waals surface area contributed by atoms with Crippen molar-refractivity contribution in [2.75, 3.05) is 32.8 Å². The maximum Gasteiger partial charge on any atom is 0.237 e. The molecule has 3 N–H and O–H groups in total. The summed E-state index contributed by atoms with van der Waals surface area (Å²) in [6.45, 7) is 1.27. The number of aliphatic hydroxyl groups excluding tert-OH is 2. The molecule has 1 amide bonds. The number of benzene rings is 1. The Morgan fingerprint density at radius 2 is 2.04 bits per heavy atom. The fourth-order valence-corrected chi connectivity index (χ4v) is 4.17. The molecule has 0 aromatic heterocycles. The number of fused-ring (bicyclic) bond motifs is 1. The minimum absolute atomic E-state index is 0.00316. The summed E-state index contributed by atoms with van der Waals surface area (Å²) in [6, 6.07) is 3.07. The average Bonchev–Trinajstić information content (AvgIpc) is 2.95. The van der Waals surface area contributed by atoms with E-state index < -0.39 is 6.10 Å². The van der Waals surface area contributed by atoms with E-state index in [2.05, 4.69) is 0 Å². The molecule has 1 aromatic carbocycles. The van der Waals surface area contributed by atoms with Gasteiger partial charge < -0.3 is 20.2 Å². The van der Waals surface area contributed by atoms with Crippen molar-refractivity contribution in [3.8, 4) is 5.75 Å². The number of phenolic OH excluding ortho intramolecular Hbond substituents is 1. The molecule has 2 heterocycles. The third-order valence-corrected chi connectivity index (χ3v) is 5.58. The quantitative estimate of drug-likeness (QED) is 0.733. The number of aliphatic hydroxyl groups is 2. The van der Waals surface area contributed by atoms with Gasteiger partial charge in [-0.25, -0.2) is 0 Å². The Morgan fingerprint density at radius 3 is 2.75 bits per heavy atom. The minimum Gasteiger partial charge on any atom is -0.508 e. The highest BCUT2D eigenvalue weighted by molar-refractivity contribution is 6.42. The molecule has 0 radical (unpaired) electrons. The van der Waals surface area contributed by atoms with Crippen LogP contribution in [-0.2, 0) is 4.79 Å². The second-order valence-electron chi connectivity index (χ2n) is 6.46. The first kappa shape index (κ1) is 17.8. The van der Waals surface area contributed by atoms with Gasteiger partial charge in [-0.15, -0.1) is 0 Å². The molecule has 1 aromatic rings. The Morgan fingerprint density at radius 1 is 1.29 bits per heavy atom. The standard InChI is InChI=1S/C16H20Cl2N2O4/c17-12-1-2-13(23)15(16(12)18)9-3-10-5-19(6-11(22)8-21)7-14(24)20(10)4-9/h1-2,9-11,21-23H,3-8H2/t9-,10-,11+/m0/s1. The van der Waals surface area contributed by atoms with Gasteiger partial charge in [0.15, 0.2) is 0 Å². The van der Waals surface area contributed by atoms with Gasteiger partial charge in [-0.3, -0.25) is 9.69 Å². The summed E-state index contributed by atoms with van der Waals surface area (Å²) in [5.74, 6) is -0.00125. The maximum absolute atomic E-state index is 12.4. The predicted molar refractivity (Wildman–Crippen MR) is 90.5 cm³/mol. The first-order chi connectivity index (χ1) is 11.4. The number of rotatable bonds is 4. The SMILES string of the molecule is O=C1CN(C[C@@H](O)CO)C[C@@H]2C[C@H](c3c(O)ccc(Cl)c3Cl)CN12. The molecule has 0 aliphatic carbocycles. The third kappa shape index (κ3) is 3.34. The first-order valence-corrected chi connectivity index (χ1v) is 8.64.